The lowest BCUT2D eigenvalue weighted by molar-refractivity contribution is 0.0948. The third kappa shape index (κ3) is 4.57. The highest BCUT2D eigenvalue weighted by Gasteiger charge is 2.16. The molecule has 1 aliphatic rings. The van der Waals surface area contributed by atoms with E-state index in [0.29, 0.717) is 6.54 Å². The SMILES string of the molecule is CC(C)(CO)CCCNC(=O)c1ccc2c(c1)CCCC2. The lowest BCUT2D eigenvalue weighted by Gasteiger charge is -2.21. The molecule has 0 saturated heterocycles. The summed E-state index contributed by atoms with van der Waals surface area (Å²) in [6, 6.07) is 6.11. The van der Waals surface area contributed by atoms with Crippen LogP contribution < -0.4 is 5.32 Å². The van der Waals surface area contributed by atoms with E-state index in [2.05, 4.69) is 17.4 Å². The van der Waals surface area contributed by atoms with E-state index in [1.54, 1.807) is 0 Å². The highest BCUT2D eigenvalue weighted by molar-refractivity contribution is 5.94. The Morgan fingerprint density at radius 2 is 1.95 bits per heavy atom. The smallest absolute Gasteiger partial charge is 0.251 e. The predicted octanol–water partition coefficient (Wildman–Crippen LogP) is 3.09. The molecule has 3 nitrogen and oxygen atoms in total. The summed E-state index contributed by atoms with van der Waals surface area (Å²) in [7, 11) is 0. The minimum Gasteiger partial charge on any atom is -0.396 e. The molecular formula is C18H27NO2. The van der Waals surface area contributed by atoms with Gasteiger partial charge in [0.05, 0.1) is 0 Å². The van der Waals surface area contributed by atoms with Crippen molar-refractivity contribution in [3.63, 3.8) is 0 Å². The van der Waals surface area contributed by atoms with Crippen LogP contribution >= 0.6 is 0 Å². The van der Waals surface area contributed by atoms with Gasteiger partial charge in [0.2, 0.25) is 0 Å². The number of nitrogens with one attached hydrogen (secondary N) is 1. The Labute approximate surface area is 127 Å². The number of carbonyl (C=O) groups is 1. The normalized spacial score (nSPS) is 14.6. The average Bonchev–Trinajstić information content (AvgIpc) is 2.51. The summed E-state index contributed by atoms with van der Waals surface area (Å²) in [4.78, 5) is 12.2. The van der Waals surface area contributed by atoms with E-state index < -0.39 is 0 Å². The predicted molar refractivity (Wildman–Crippen MR) is 85.5 cm³/mol. The fourth-order valence-electron chi connectivity index (χ4n) is 2.82. The van der Waals surface area contributed by atoms with Crippen molar-refractivity contribution in [1.29, 1.82) is 0 Å². The van der Waals surface area contributed by atoms with Gasteiger partial charge in [-0.2, -0.15) is 0 Å². The molecule has 0 fully saturated rings. The highest BCUT2D eigenvalue weighted by Crippen LogP contribution is 2.22. The van der Waals surface area contributed by atoms with E-state index in [0.717, 1.165) is 31.2 Å². The Kier molecular flexibility index (Phi) is 5.40. The largest absolute Gasteiger partial charge is 0.396 e. The van der Waals surface area contributed by atoms with Crippen LogP contribution in [0, 0.1) is 5.41 Å². The van der Waals surface area contributed by atoms with E-state index in [-0.39, 0.29) is 17.9 Å². The van der Waals surface area contributed by atoms with Crippen LogP contribution in [0.15, 0.2) is 18.2 Å². The van der Waals surface area contributed by atoms with Crippen LogP contribution in [-0.2, 0) is 12.8 Å². The maximum Gasteiger partial charge on any atom is 0.251 e. The molecule has 2 rings (SSSR count). The third-order valence-corrected chi connectivity index (χ3v) is 4.35. The molecule has 0 radical (unpaired) electrons. The van der Waals surface area contributed by atoms with E-state index in [9.17, 15) is 9.90 Å². The molecule has 21 heavy (non-hydrogen) atoms. The second-order valence-electron chi connectivity index (χ2n) is 6.87. The van der Waals surface area contributed by atoms with Crippen LogP contribution in [-0.4, -0.2) is 24.2 Å². The first kappa shape index (κ1) is 16.0. The number of carbonyl (C=O) groups excluding carboxylic acids is 1. The lowest BCUT2D eigenvalue weighted by atomic mass is 9.89. The number of aliphatic hydroxyl groups is 1. The van der Waals surface area contributed by atoms with Crippen LogP contribution in [0.4, 0.5) is 0 Å². The first-order valence-corrected chi connectivity index (χ1v) is 8.03. The van der Waals surface area contributed by atoms with Gasteiger partial charge < -0.3 is 10.4 Å². The monoisotopic (exact) mass is 289 g/mol. The van der Waals surface area contributed by atoms with Gasteiger partial charge >= 0.3 is 0 Å². The zero-order chi connectivity index (χ0) is 15.3. The van der Waals surface area contributed by atoms with Gasteiger partial charge in [0.15, 0.2) is 0 Å². The summed E-state index contributed by atoms with van der Waals surface area (Å²) in [6.45, 7) is 4.93. The minimum absolute atomic E-state index is 0.0187. The third-order valence-electron chi connectivity index (χ3n) is 4.35. The molecule has 0 bridgehead atoms. The number of benzene rings is 1. The zero-order valence-electron chi connectivity index (χ0n) is 13.2. The van der Waals surface area contributed by atoms with Crippen molar-refractivity contribution in [2.24, 2.45) is 5.41 Å². The maximum atomic E-state index is 12.2. The van der Waals surface area contributed by atoms with Crippen molar-refractivity contribution in [2.75, 3.05) is 13.2 Å². The molecule has 0 aliphatic heterocycles. The average molecular weight is 289 g/mol. The first-order valence-electron chi connectivity index (χ1n) is 8.03. The molecule has 3 heteroatoms. The molecule has 2 N–H and O–H groups in total. The van der Waals surface area contributed by atoms with Crippen molar-refractivity contribution in [3.8, 4) is 0 Å². The quantitative estimate of drug-likeness (QED) is 0.791. The van der Waals surface area contributed by atoms with E-state index in [1.165, 1.54) is 24.0 Å². The zero-order valence-corrected chi connectivity index (χ0v) is 13.2. The molecule has 1 aromatic carbocycles. The van der Waals surface area contributed by atoms with Gasteiger partial charge in [0.25, 0.3) is 5.91 Å². The Bertz CT molecular complexity index is 494. The number of aliphatic hydroxyl groups excluding tert-OH is 1. The van der Waals surface area contributed by atoms with Crippen LogP contribution in [0.25, 0.3) is 0 Å². The van der Waals surface area contributed by atoms with Crippen molar-refractivity contribution < 1.29 is 9.90 Å². The molecule has 1 aliphatic carbocycles. The summed E-state index contributed by atoms with van der Waals surface area (Å²) in [5.74, 6) is 0.0187. The van der Waals surface area contributed by atoms with Crippen LogP contribution in [0.3, 0.4) is 0 Å². The fourth-order valence-corrected chi connectivity index (χ4v) is 2.82. The Balaban J connectivity index is 1.83. The summed E-state index contributed by atoms with van der Waals surface area (Å²) in [6.07, 6.45) is 6.54. The number of hydrogen-bond acceptors (Lipinski definition) is 2. The fraction of sp³-hybridized carbons (Fsp3) is 0.611. The number of aryl methyl sites for hydroxylation is 2. The summed E-state index contributed by atoms with van der Waals surface area (Å²) >= 11 is 0. The Hall–Kier alpha value is -1.35. The van der Waals surface area contributed by atoms with Gasteiger partial charge in [0, 0.05) is 18.7 Å². The molecule has 1 amide bonds. The van der Waals surface area contributed by atoms with Gasteiger partial charge in [-0.05, 0) is 67.2 Å². The summed E-state index contributed by atoms with van der Waals surface area (Å²) in [5, 5.41) is 12.2. The number of fused-ring (bicyclic) bond motifs is 1. The molecular weight excluding hydrogens is 262 g/mol. The van der Waals surface area contributed by atoms with Crippen LogP contribution in [0.1, 0.15) is 61.0 Å². The van der Waals surface area contributed by atoms with E-state index in [4.69, 9.17) is 0 Å². The van der Waals surface area contributed by atoms with Crippen LogP contribution in [0.5, 0.6) is 0 Å². The molecule has 0 unspecified atom stereocenters. The first-order chi connectivity index (χ1) is 10.0. The molecule has 0 aromatic heterocycles. The molecule has 0 heterocycles. The maximum absolute atomic E-state index is 12.2. The second-order valence-corrected chi connectivity index (χ2v) is 6.87. The standard InChI is InChI=1S/C18H27NO2/c1-18(2,13-20)10-5-11-19-17(21)16-9-8-14-6-3-4-7-15(14)12-16/h8-9,12,20H,3-7,10-11,13H2,1-2H3,(H,19,21). The highest BCUT2D eigenvalue weighted by atomic mass is 16.3. The van der Waals surface area contributed by atoms with Gasteiger partial charge in [0.1, 0.15) is 0 Å². The lowest BCUT2D eigenvalue weighted by Crippen LogP contribution is -2.26. The molecule has 0 spiro atoms. The second kappa shape index (κ2) is 7.08. The van der Waals surface area contributed by atoms with Crippen molar-refractivity contribution in [1.82, 2.24) is 5.32 Å². The van der Waals surface area contributed by atoms with E-state index >= 15 is 0 Å². The molecule has 0 saturated carbocycles. The molecule has 116 valence electrons. The van der Waals surface area contributed by atoms with Gasteiger partial charge in [-0.25, -0.2) is 0 Å². The molecule has 1 aromatic rings. The number of hydrogen-bond donors (Lipinski definition) is 2. The van der Waals surface area contributed by atoms with Gasteiger partial charge in [-0.15, -0.1) is 0 Å². The van der Waals surface area contributed by atoms with Crippen molar-refractivity contribution in [3.05, 3.63) is 34.9 Å². The summed E-state index contributed by atoms with van der Waals surface area (Å²) in [5.41, 5.74) is 3.46. The topological polar surface area (TPSA) is 49.3 Å². The Morgan fingerprint density at radius 1 is 1.24 bits per heavy atom. The van der Waals surface area contributed by atoms with Crippen LogP contribution in [0.2, 0.25) is 0 Å². The minimum atomic E-state index is -0.0590. The Morgan fingerprint density at radius 3 is 2.67 bits per heavy atom. The molecule has 0 atom stereocenters. The number of rotatable bonds is 6. The number of amides is 1. The van der Waals surface area contributed by atoms with Gasteiger partial charge in [-0.1, -0.05) is 19.9 Å². The van der Waals surface area contributed by atoms with Crippen molar-refractivity contribution >= 4 is 5.91 Å². The summed E-state index contributed by atoms with van der Waals surface area (Å²) < 4.78 is 0. The van der Waals surface area contributed by atoms with Gasteiger partial charge in [-0.3, -0.25) is 4.79 Å². The van der Waals surface area contributed by atoms with E-state index in [1.807, 2.05) is 19.9 Å². The van der Waals surface area contributed by atoms with Crippen molar-refractivity contribution in [2.45, 2.75) is 52.4 Å².